The molecule has 0 aromatic rings. The van der Waals surface area contributed by atoms with E-state index in [9.17, 15) is 19.0 Å². The van der Waals surface area contributed by atoms with E-state index >= 15 is 0 Å². The third kappa shape index (κ3) is 6.37. The number of allylic oxidation sites excluding steroid dienone is 1. The molecule has 0 bridgehead atoms. The van der Waals surface area contributed by atoms with E-state index in [1.54, 1.807) is 0 Å². The zero-order valence-electron chi connectivity index (χ0n) is 8.83. The van der Waals surface area contributed by atoms with Gasteiger partial charge in [-0.3, -0.25) is 14.2 Å². The number of carboxylic acid groups (broad SMARTS) is 1. The minimum atomic E-state index is -3.51. The summed E-state index contributed by atoms with van der Waals surface area (Å²) in [7, 11) is -3.51. The molecule has 0 saturated carbocycles. The van der Waals surface area contributed by atoms with Gasteiger partial charge in [0.25, 0.3) is 0 Å². The predicted octanol–water partition coefficient (Wildman–Crippen LogP) is 0.409. The van der Waals surface area contributed by atoms with Crippen LogP contribution in [0.4, 0.5) is 0 Å². The second kappa shape index (κ2) is 6.45. The highest BCUT2D eigenvalue weighted by Crippen LogP contribution is 2.43. The van der Waals surface area contributed by atoms with Crippen LogP contribution >= 0.6 is 7.37 Å². The number of primary amides is 1. The standard InChI is InChI=1S/C9H16NO5P/c1-2-5-16(14,15)6-7(9(12)13)3-4-8(10)11/h2,7H,1,3-6H2,(H2,10,11)(H,12,13)(H,14,15). The first-order valence-electron chi connectivity index (χ1n) is 4.71. The summed E-state index contributed by atoms with van der Waals surface area (Å²) < 4.78 is 11.5. The summed E-state index contributed by atoms with van der Waals surface area (Å²) in [6.07, 6.45) is 0.653. The van der Waals surface area contributed by atoms with E-state index in [0.717, 1.165) is 0 Å². The normalized spacial score (nSPS) is 16.1. The summed E-state index contributed by atoms with van der Waals surface area (Å²) in [5, 5.41) is 8.81. The van der Waals surface area contributed by atoms with Crippen molar-refractivity contribution in [1.29, 1.82) is 0 Å². The molecule has 0 aromatic heterocycles. The van der Waals surface area contributed by atoms with Crippen LogP contribution in [0.5, 0.6) is 0 Å². The molecule has 92 valence electrons. The molecular formula is C9H16NO5P. The van der Waals surface area contributed by atoms with Crippen LogP contribution in [0.1, 0.15) is 12.8 Å². The van der Waals surface area contributed by atoms with Crippen molar-refractivity contribution in [2.75, 3.05) is 12.3 Å². The molecule has 0 fully saturated rings. The molecule has 0 heterocycles. The zero-order chi connectivity index (χ0) is 12.8. The Kier molecular flexibility index (Phi) is 6.00. The molecule has 0 aromatic carbocycles. The van der Waals surface area contributed by atoms with E-state index in [4.69, 9.17) is 10.8 Å². The lowest BCUT2D eigenvalue weighted by molar-refractivity contribution is -0.141. The van der Waals surface area contributed by atoms with Gasteiger partial charge in [-0.1, -0.05) is 6.08 Å². The highest BCUT2D eigenvalue weighted by molar-refractivity contribution is 7.58. The molecule has 0 radical (unpaired) electrons. The Hall–Kier alpha value is -1.13. The largest absolute Gasteiger partial charge is 0.481 e. The first kappa shape index (κ1) is 14.9. The lowest BCUT2D eigenvalue weighted by Crippen LogP contribution is -2.21. The second-order valence-electron chi connectivity index (χ2n) is 3.54. The maximum absolute atomic E-state index is 11.5. The first-order chi connectivity index (χ1) is 7.28. The Labute approximate surface area is 93.6 Å². The quantitative estimate of drug-likeness (QED) is 0.425. The number of carbonyl (C=O) groups is 2. The van der Waals surface area contributed by atoms with Crippen LogP contribution in [-0.4, -0.2) is 34.2 Å². The molecule has 0 spiro atoms. The van der Waals surface area contributed by atoms with E-state index in [0.29, 0.717) is 0 Å². The van der Waals surface area contributed by atoms with Gasteiger partial charge in [-0.15, -0.1) is 6.58 Å². The lowest BCUT2D eigenvalue weighted by Gasteiger charge is -2.15. The smallest absolute Gasteiger partial charge is 0.307 e. The summed E-state index contributed by atoms with van der Waals surface area (Å²) in [4.78, 5) is 30.7. The van der Waals surface area contributed by atoms with Crippen molar-refractivity contribution in [2.45, 2.75) is 12.8 Å². The fraction of sp³-hybridized carbons (Fsp3) is 0.556. The number of carboxylic acids is 1. The van der Waals surface area contributed by atoms with E-state index in [1.807, 2.05) is 0 Å². The molecule has 0 aliphatic carbocycles. The van der Waals surface area contributed by atoms with Crippen LogP contribution in [-0.2, 0) is 14.2 Å². The third-order valence-electron chi connectivity index (χ3n) is 2.01. The SMILES string of the molecule is C=CCP(=O)(O)CC(CCC(N)=O)C(=O)O. The third-order valence-corrected chi connectivity index (χ3v) is 3.85. The van der Waals surface area contributed by atoms with E-state index < -0.39 is 25.2 Å². The van der Waals surface area contributed by atoms with Crippen LogP contribution in [0.15, 0.2) is 12.7 Å². The van der Waals surface area contributed by atoms with Gasteiger partial charge in [0.05, 0.1) is 5.92 Å². The summed E-state index contributed by atoms with van der Waals surface area (Å²) in [5.74, 6) is -2.84. The number of hydrogen-bond acceptors (Lipinski definition) is 3. The molecule has 0 aliphatic rings. The van der Waals surface area contributed by atoms with Crippen LogP contribution in [0.3, 0.4) is 0 Å². The van der Waals surface area contributed by atoms with Gasteiger partial charge in [0.2, 0.25) is 13.3 Å². The van der Waals surface area contributed by atoms with Crippen molar-refractivity contribution >= 4 is 19.2 Å². The Morgan fingerprint density at radius 2 is 2.06 bits per heavy atom. The molecule has 0 rings (SSSR count). The summed E-state index contributed by atoms with van der Waals surface area (Å²) in [6.45, 7) is 3.32. The van der Waals surface area contributed by atoms with Crippen LogP contribution in [0.25, 0.3) is 0 Å². The predicted molar refractivity (Wildman–Crippen MR) is 59.3 cm³/mol. The Bertz CT molecular complexity index is 328. The minimum Gasteiger partial charge on any atom is -0.481 e. The average Bonchev–Trinajstić information content (AvgIpc) is 2.11. The lowest BCUT2D eigenvalue weighted by atomic mass is 10.1. The van der Waals surface area contributed by atoms with Crippen LogP contribution < -0.4 is 5.73 Å². The molecule has 6 nitrogen and oxygen atoms in total. The van der Waals surface area contributed by atoms with Crippen molar-refractivity contribution in [1.82, 2.24) is 0 Å². The maximum Gasteiger partial charge on any atom is 0.307 e. The number of carbonyl (C=O) groups excluding carboxylic acids is 1. The summed E-state index contributed by atoms with van der Waals surface area (Å²) in [6, 6.07) is 0. The zero-order valence-corrected chi connectivity index (χ0v) is 9.73. The van der Waals surface area contributed by atoms with E-state index in [-0.39, 0.29) is 25.2 Å². The van der Waals surface area contributed by atoms with Crippen LogP contribution in [0, 0.1) is 5.92 Å². The monoisotopic (exact) mass is 249 g/mol. The number of aliphatic carboxylic acids is 1. The molecule has 4 N–H and O–H groups in total. The molecule has 0 saturated heterocycles. The average molecular weight is 249 g/mol. The summed E-state index contributed by atoms with van der Waals surface area (Å²) in [5.41, 5.74) is 4.88. The highest BCUT2D eigenvalue weighted by atomic mass is 31.2. The highest BCUT2D eigenvalue weighted by Gasteiger charge is 2.27. The Balaban J connectivity index is 4.44. The topological polar surface area (TPSA) is 118 Å². The maximum atomic E-state index is 11.5. The Morgan fingerprint density at radius 3 is 2.44 bits per heavy atom. The van der Waals surface area contributed by atoms with Gasteiger partial charge in [-0.2, -0.15) is 0 Å². The van der Waals surface area contributed by atoms with Crippen molar-refractivity contribution in [3.05, 3.63) is 12.7 Å². The fourth-order valence-electron chi connectivity index (χ4n) is 1.23. The van der Waals surface area contributed by atoms with Gasteiger partial charge in [-0.05, 0) is 6.42 Å². The Morgan fingerprint density at radius 1 is 1.50 bits per heavy atom. The van der Waals surface area contributed by atoms with Gasteiger partial charge in [0.15, 0.2) is 0 Å². The molecule has 0 aliphatic heterocycles. The molecule has 1 amide bonds. The fourth-order valence-corrected chi connectivity index (χ4v) is 2.81. The molecule has 7 heteroatoms. The van der Waals surface area contributed by atoms with Crippen molar-refractivity contribution in [2.24, 2.45) is 11.7 Å². The van der Waals surface area contributed by atoms with Gasteiger partial charge < -0.3 is 15.7 Å². The molecular weight excluding hydrogens is 233 g/mol. The molecule has 16 heavy (non-hydrogen) atoms. The number of nitrogens with two attached hydrogens (primary N) is 1. The molecule has 2 atom stereocenters. The molecule has 2 unspecified atom stereocenters. The van der Waals surface area contributed by atoms with Gasteiger partial charge in [-0.25, -0.2) is 0 Å². The minimum absolute atomic E-state index is 0.0215. The number of hydrogen-bond donors (Lipinski definition) is 3. The van der Waals surface area contributed by atoms with E-state index in [2.05, 4.69) is 6.58 Å². The first-order valence-corrected chi connectivity index (χ1v) is 6.74. The van der Waals surface area contributed by atoms with Gasteiger partial charge in [0.1, 0.15) is 0 Å². The second-order valence-corrected chi connectivity index (χ2v) is 5.96. The van der Waals surface area contributed by atoms with Crippen molar-refractivity contribution < 1.29 is 24.2 Å². The summed E-state index contributed by atoms with van der Waals surface area (Å²) >= 11 is 0. The van der Waals surface area contributed by atoms with E-state index in [1.165, 1.54) is 6.08 Å². The number of rotatable bonds is 8. The van der Waals surface area contributed by atoms with Crippen LogP contribution in [0.2, 0.25) is 0 Å². The van der Waals surface area contributed by atoms with Crippen molar-refractivity contribution in [3.63, 3.8) is 0 Å². The van der Waals surface area contributed by atoms with Gasteiger partial charge in [0, 0.05) is 18.7 Å². The van der Waals surface area contributed by atoms with Crippen molar-refractivity contribution in [3.8, 4) is 0 Å². The van der Waals surface area contributed by atoms with Gasteiger partial charge >= 0.3 is 5.97 Å². The number of amides is 1.